The lowest BCUT2D eigenvalue weighted by Gasteiger charge is -2.10. The molecule has 2 aromatic rings. The van der Waals surface area contributed by atoms with Gasteiger partial charge in [-0.2, -0.15) is 0 Å². The van der Waals surface area contributed by atoms with Crippen LogP contribution in [0.2, 0.25) is 0 Å². The van der Waals surface area contributed by atoms with E-state index in [4.69, 9.17) is 0 Å². The van der Waals surface area contributed by atoms with Gasteiger partial charge < -0.3 is 0 Å². The summed E-state index contributed by atoms with van der Waals surface area (Å²) in [5, 5.41) is 0. The Morgan fingerprint density at radius 1 is 1.10 bits per heavy atom. The van der Waals surface area contributed by atoms with E-state index in [1.165, 1.54) is 14.0 Å². The maximum Gasteiger partial charge on any atom is 0.126 e. The molecule has 2 aromatic carbocycles. The number of hydrogen-bond donors (Lipinski definition) is 0. The van der Waals surface area contributed by atoms with Crippen molar-refractivity contribution >= 4 is 34.4 Å². The highest BCUT2D eigenvalue weighted by Crippen LogP contribution is 2.26. The summed E-state index contributed by atoms with van der Waals surface area (Å²) in [5.74, 6) is 0.941. The zero-order chi connectivity index (χ0) is 14.5. The minimum absolute atomic E-state index is 0.0751. The minimum Gasteiger partial charge on any atom is -0.207 e. The molecule has 0 atom stereocenters. The van der Waals surface area contributed by atoms with Gasteiger partial charge in [0.1, 0.15) is 5.82 Å². The van der Waals surface area contributed by atoms with E-state index in [0.717, 1.165) is 29.7 Å². The first kappa shape index (κ1) is 15.8. The van der Waals surface area contributed by atoms with E-state index in [1.54, 1.807) is 17.8 Å². The Labute approximate surface area is 138 Å². The van der Waals surface area contributed by atoms with Gasteiger partial charge in [0, 0.05) is 8.47 Å². The Hall–Kier alpha value is -0.550. The van der Waals surface area contributed by atoms with E-state index in [9.17, 15) is 4.39 Å². The van der Waals surface area contributed by atoms with E-state index >= 15 is 0 Å². The average molecular weight is 400 g/mol. The molecule has 0 amide bonds. The van der Waals surface area contributed by atoms with Crippen LogP contribution in [-0.4, -0.2) is 5.75 Å². The Bertz CT molecular complexity index is 596. The molecule has 0 aromatic heterocycles. The molecule has 0 N–H and O–H groups in total. The molecule has 106 valence electrons. The van der Waals surface area contributed by atoms with Gasteiger partial charge in [-0.15, -0.1) is 11.8 Å². The molecule has 3 heteroatoms. The summed E-state index contributed by atoms with van der Waals surface area (Å²) in [5.41, 5.74) is 3.15. The number of rotatable bonds is 5. The molecule has 0 aliphatic rings. The lowest BCUT2D eigenvalue weighted by Crippen LogP contribution is -1.98. The summed E-state index contributed by atoms with van der Waals surface area (Å²) in [6.45, 7) is 4.10. The smallest absolute Gasteiger partial charge is 0.126 e. The van der Waals surface area contributed by atoms with Gasteiger partial charge >= 0.3 is 0 Å². The van der Waals surface area contributed by atoms with Crippen LogP contribution >= 0.6 is 34.4 Å². The molecular weight excluding hydrogens is 382 g/mol. The molecule has 0 heterocycles. The summed E-state index contributed by atoms with van der Waals surface area (Å²) in [6, 6.07) is 12.0. The van der Waals surface area contributed by atoms with Crippen molar-refractivity contribution in [3.63, 3.8) is 0 Å². The van der Waals surface area contributed by atoms with Crippen LogP contribution in [0.25, 0.3) is 0 Å². The van der Waals surface area contributed by atoms with Gasteiger partial charge in [-0.3, -0.25) is 0 Å². The van der Waals surface area contributed by atoms with Crippen LogP contribution in [0, 0.1) is 16.3 Å². The van der Waals surface area contributed by atoms with E-state index in [-0.39, 0.29) is 5.82 Å². The second-order valence-electron chi connectivity index (χ2n) is 4.73. The molecule has 0 spiro atoms. The number of thioether (sulfide) groups is 1. The maximum atomic E-state index is 14.1. The highest BCUT2D eigenvalue weighted by molar-refractivity contribution is 14.1. The molecule has 0 nitrogen and oxygen atoms in total. The van der Waals surface area contributed by atoms with Crippen molar-refractivity contribution in [3.05, 3.63) is 62.5 Å². The largest absolute Gasteiger partial charge is 0.207 e. The molecule has 0 saturated heterocycles. The van der Waals surface area contributed by atoms with Crippen molar-refractivity contribution in [1.29, 1.82) is 0 Å². The molecule has 0 saturated carbocycles. The summed E-state index contributed by atoms with van der Waals surface area (Å²) < 4.78 is 15.3. The molecule has 0 unspecified atom stereocenters. The van der Waals surface area contributed by atoms with Gasteiger partial charge in [0.05, 0.1) is 0 Å². The first-order chi connectivity index (χ1) is 9.61. The second-order valence-corrected chi connectivity index (χ2v) is 7.20. The standard InChI is InChI=1S/C17H18FIS/c1-3-20-17-11-14(15(18)10-12(17)2)9-8-13-6-4-5-7-16(13)19/h4-7,10-11H,3,8-9H2,1-2H3. The van der Waals surface area contributed by atoms with Crippen molar-refractivity contribution in [1.82, 2.24) is 0 Å². The fourth-order valence-corrected chi connectivity index (χ4v) is 3.65. The molecule has 2 rings (SSSR count). The van der Waals surface area contributed by atoms with E-state index in [1.807, 2.05) is 25.1 Å². The van der Waals surface area contributed by atoms with Gasteiger partial charge in [0.15, 0.2) is 0 Å². The van der Waals surface area contributed by atoms with Crippen molar-refractivity contribution in [2.75, 3.05) is 5.75 Å². The first-order valence-corrected chi connectivity index (χ1v) is 8.83. The van der Waals surface area contributed by atoms with Crippen LogP contribution < -0.4 is 0 Å². The van der Waals surface area contributed by atoms with Gasteiger partial charge in [0.25, 0.3) is 0 Å². The Kier molecular flexibility index (Phi) is 5.90. The number of benzene rings is 2. The van der Waals surface area contributed by atoms with Crippen molar-refractivity contribution in [2.24, 2.45) is 0 Å². The predicted molar refractivity (Wildman–Crippen MR) is 94.1 cm³/mol. The first-order valence-electron chi connectivity index (χ1n) is 6.77. The average Bonchev–Trinajstić information content (AvgIpc) is 2.42. The van der Waals surface area contributed by atoms with Gasteiger partial charge in [-0.05, 0) is 83.0 Å². The zero-order valence-corrected chi connectivity index (χ0v) is 14.7. The number of hydrogen-bond acceptors (Lipinski definition) is 1. The van der Waals surface area contributed by atoms with E-state index in [2.05, 4.69) is 41.6 Å². The van der Waals surface area contributed by atoms with Crippen LogP contribution in [0.15, 0.2) is 41.3 Å². The highest BCUT2D eigenvalue weighted by Gasteiger charge is 2.08. The van der Waals surface area contributed by atoms with E-state index in [0.29, 0.717) is 0 Å². The third kappa shape index (κ3) is 3.98. The molecule has 0 radical (unpaired) electrons. The lowest BCUT2D eigenvalue weighted by atomic mass is 10.0. The van der Waals surface area contributed by atoms with Gasteiger partial charge in [-0.1, -0.05) is 25.1 Å². The summed E-state index contributed by atoms with van der Waals surface area (Å²) in [7, 11) is 0. The van der Waals surface area contributed by atoms with Crippen LogP contribution in [-0.2, 0) is 12.8 Å². The van der Waals surface area contributed by atoms with E-state index < -0.39 is 0 Å². The second kappa shape index (κ2) is 7.46. The molecule has 0 bridgehead atoms. The predicted octanol–water partition coefficient (Wildman–Crippen LogP) is 5.64. The fourth-order valence-electron chi connectivity index (χ4n) is 2.17. The molecule has 20 heavy (non-hydrogen) atoms. The lowest BCUT2D eigenvalue weighted by molar-refractivity contribution is 0.605. The van der Waals surface area contributed by atoms with Crippen molar-refractivity contribution in [2.45, 2.75) is 31.6 Å². The monoisotopic (exact) mass is 400 g/mol. The summed E-state index contributed by atoms with van der Waals surface area (Å²) >= 11 is 4.12. The highest BCUT2D eigenvalue weighted by atomic mass is 127. The Morgan fingerprint density at radius 3 is 2.50 bits per heavy atom. The molecule has 0 aliphatic carbocycles. The minimum atomic E-state index is -0.0751. The summed E-state index contributed by atoms with van der Waals surface area (Å²) in [6.07, 6.45) is 1.64. The van der Waals surface area contributed by atoms with Crippen molar-refractivity contribution < 1.29 is 4.39 Å². The molecule has 0 fully saturated rings. The number of halogens is 2. The maximum absolute atomic E-state index is 14.1. The van der Waals surface area contributed by atoms with Crippen LogP contribution in [0.1, 0.15) is 23.6 Å². The van der Waals surface area contributed by atoms with Crippen molar-refractivity contribution in [3.8, 4) is 0 Å². The normalized spacial score (nSPS) is 10.8. The summed E-state index contributed by atoms with van der Waals surface area (Å²) in [4.78, 5) is 1.20. The third-order valence-electron chi connectivity index (χ3n) is 3.27. The SMILES string of the molecule is CCSc1cc(CCc2ccccc2I)c(F)cc1C. The quantitative estimate of drug-likeness (QED) is 0.463. The van der Waals surface area contributed by atoms with Gasteiger partial charge in [-0.25, -0.2) is 4.39 Å². The Balaban J connectivity index is 2.17. The topological polar surface area (TPSA) is 0 Å². The van der Waals surface area contributed by atoms with Crippen LogP contribution in [0.5, 0.6) is 0 Å². The zero-order valence-electron chi connectivity index (χ0n) is 11.7. The fraction of sp³-hybridized carbons (Fsp3) is 0.294. The molecular formula is C17H18FIS. The third-order valence-corrected chi connectivity index (χ3v) is 5.36. The number of aryl methyl sites for hydroxylation is 3. The van der Waals surface area contributed by atoms with Crippen LogP contribution in [0.3, 0.4) is 0 Å². The van der Waals surface area contributed by atoms with Crippen LogP contribution in [0.4, 0.5) is 4.39 Å². The van der Waals surface area contributed by atoms with Gasteiger partial charge in [0.2, 0.25) is 0 Å². The Morgan fingerprint density at radius 2 is 1.80 bits per heavy atom. The molecule has 0 aliphatic heterocycles.